The Morgan fingerprint density at radius 2 is 1.59 bits per heavy atom. The average Bonchev–Trinajstić information content (AvgIpc) is 2.92. The molecule has 6 heteroatoms. The normalized spacial score (nSPS) is 11.0. The molecule has 1 aromatic heterocycles. The zero-order valence-corrected chi connectivity index (χ0v) is 21.2. The molecule has 37 heavy (non-hydrogen) atoms. The first-order valence-corrected chi connectivity index (χ1v) is 12.6. The fraction of sp³-hybridized carbons (Fsp3) is 0.129. The number of carbonyl (C=O) groups excluding carboxylic acids is 1. The molecule has 0 spiro atoms. The molecule has 0 radical (unpaired) electrons. The van der Waals surface area contributed by atoms with Gasteiger partial charge in [0.05, 0.1) is 17.4 Å². The highest BCUT2D eigenvalue weighted by Gasteiger charge is 2.13. The van der Waals surface area contributed by atoms with E-state index in [0.29, 0.717) is 40.1 Å². The lowest BCUT2D eigenvalue weighted by molar-refractivity contribution is 0.102. The molecule has 0 aliphatic heterocycles. The van der Waals surface area contributed by atoms with E-state index in [9.17, 15) is 9.59 Å². The first-order valence-electron chi connectivity index (χ1n) is 12.3. The van der Waals surface area contributed by atoms with E-state index in [2.05, 4.69) is 48.6 Å². The van der Waals surface area contributed by atoms with Crippen LogP contribution in [0.1, 0.15) is 35.1 Å². The second-order valence-corrected chi connectivity index (χ2v) is 9.36. The Morgan fingerprint density at radius 1 is 0.892 bits per heavy atom. The second-order valence-electron chi connectivity index (χ2n) is 8.93. The van der Waals surface area contributed by atoms with E-state index in [-0.39, 0.29) is 11.5 Å². The number of anilines is 1. The summed E-state index contributed by atoms with van der Waals surface area (Å²) in [5.41, 5.74) is 4.82. The van der Waals surface area contributed by atoms with Gasteiger partial charge in [0.2, 0.25) is 0 Å². The lowest BCUT2D eigenvalue weighted by Crippen LogP contribution is -2.26. The molecule has 0 aliphatic carbocycles. The zero-order chi connectivity index (χ0) is 25.8. The van der Waals surface area contributed by atoms with Crippen LogP contribution in [-0.4, -0.2) is 15.5 Å². The maximum absolute atomic E-state index is 13.7. The molecule has 0 atom stereocenters. The quantitative estimate of drug-likeness (QED) is 0.259. The molecule has 0 aliphatic rings. The van der Waals surface area contributed by atoms with E-state index in [1.807, 2.05) is 18.2 Å². The van der Waals surface area contributed by atoms with Gasteiger partial charge in [0.15, 0.2) is 0 Å². The van der Waals surface area contributed by atoms with Gasteiger partial charge in [0.25, 0.3) is 11.5 Å². The third-order valence-electron chi connectivity index (χ3n) is 6.27. The summed E-state index contributed by atoms with van der Waals surface area (Å²) < 4.78 is 1.74. The minimum atomic E-state index is -0.273. The Labute approximate surface area is 220 Å². The third-order valence-corrected chi connectivity index (χ3v) is 6.52. The van der Waals surface area contributed by atoms with Gasteiger partial charge in [-0.15, -0.1) is 0 Å². The predicted octanol–water partition coefficient (Wildman–Crippen LogP) is 6.97. The number of hydrogen-bond donors (Lipinski definition) is 1. The zero-order valence-electron chi connectivity index (χ0n) is 20.4. The smallest absolute Gasteiger partial charge is 0.261 e. The van der Waals surface area contributed by atoms with Crippen molar-refractivity contribution in [3.05, 3.63) is 129 Å². The van der Waals surface area contributed by atoms with E-state index in [1.165, 1.54) is 0 Å². The van der Waals surface area contributed by atoms with E-state index in [4.69, 9.17) is 16.6 Å². The topological polar surface area (TPSA) is 64.0 Å². The van der Waals surface area contributed by atoms with Crippen LogP contribution in [0, 0.1) is 0 Å². The molecule has 1 heterocycles. The average molecular weight is 508 g/mol. The van der Waals surface area contributed by atoms with Gasteiger partial charge in [-0.05, 0) is 65.6 Å². The molecule has 5 nitrogen and oxygen atoms in total. The lowest BCUT2D eigenvalue weighted by Gasteiger charge is -2.14. The SMILES string of the molecule is CCCc1nc2ccc(NC(=O)c3ccc(Cl)cc3)cc2c(=O)n1Cc1ccc(-c2ccccc2)cc1. The lowest BCUT2D eigenvalue weighted by atomic mass is 10.0. The molecule has 0 saturated carbocycles. The molecule has 0 unspecified atom stereocenters. The summed E-state index contributed by atoms with van der Waals surface area (Å²) in [4.78, 5) is 31.1. The standard InChI is InChI=1S/C31H26ClN3O2/c1-2-6-29-34-28-18-17-26(33-30(36)24-13-15-25(32)16-14-24)19-27(28)31(37)35(29)20-21-9-11-23(12-10-21)22-7-4-3-5-8-22/h3-5,7-19H,2,6,20H2,1H3,(H,33,36). The molecule has 184 valence electrons. The summed E-state index contributed by atoms with van der Waals surface area (Å²) in [5.74, 6) is 0.482. The monoisotopic (exact) mass is 507 g/mol. The van der Waals surface area contributed by atoms with Gasteiger partial charge in [0, 0.05) is 22.7 Å². The number of nitrogens with one attached hydrogen (secondary N) is 1. The Morgan fingerprint density at radius 3 is 2.30 bits per heavy atom. The highest BCUT2D eigenvalue weighted by atomic mass is 35.5. The largest absolute Gasteiger partial charge is 0.322 e. The van der Waals surface area contributed by atoms with Crippen LogP contribution in [-0.2, 0) is 13.0 Å². The molecule has 0 fully saturated rings. The van der Waals surface area contributed by atoms with E-state index in [0.717, 1.165) is 28.9 Å². The van der Waals surface area contributed by atoms with Gasteiger partial charge in [-0.25, -0.2) is 4.98 Å². The molecule has 1 N–H and O–H groups in total. The number of amides is 1. The van der Waals surface area contributed by atoms with Crippen molar-refractivity contribution in [1.82, 2.24) is 9.55 Å². The number of halogens is 1. The molecule has 0 saturated heterocycles. The van der Waals surface area contributed by atoms with Crippen LogP contribution >= 0.6 is 11.6 Å². The summed E-state index contributed by atoms with van der Waals surface area (Å²) in [7, 11) is 0. The van der Waals surface area contributed by atoms with Crippen LogP contribution in [0.15, 0.2) is 102 Å². The van der Waals surface area contributed by atoms with E-state index < -0.39 is 0 Å². The first-order chi connectivity index (χ1) is 18.0. The van der Waals surface area contributed by atoms with Crippen LogP contribution in [0.5, 0.6) is 0 Å². The summed E-state index contributed by atoms with van der Waals surface area (Å²) in [5, 5.41) is 3.90. The van der Waals surface area contributed by atoms with Crippen LogP contribution < -0.4 is 10.9 Å². The number of aromatic nitrogens is 2. The molecule has 1 amide bonds. The number of benzene rings is 4. The van der Waals surface area contributed by atoms with Gasteiger partial charge in [-0.3, -0.25) is 14.2 Å². The Kier molecular flexibility index (Phi) is 7.15. The highest BCUT2D eigenvalue weighted by molar-refractivity contribution is 6.30. The van der Waals surface area contributed by atoms with E-state index in [1.54, 1.807) is 47.0 Å². The van der Waals surface area contributed by atoms with Crippen LogP contribution in [0.25, 0.3) is 22.0 Å². The molecule has 0 bridgehead atoms. The summed E-state index contributed by atoms with van der Waals surface area (Å²) in [6.45, 7) is 2.50. The first kappa shape index (κ1) is 24.5. The van der Waals surface area contributed by atoms with Crippen LogP contribution in [0.4, 0.5) is 5.69 Å². The Hall–Kier alpha value is -4.22. The predicted molar refractivity (Wildman–Crippen MR) is 150 cm³/mol. The number of rotatable bonds is 7. The highest BCUT2D eigenvalue weighted by Crippen LogP contribution is 2.21. The summed E-state index contributed by atoms with van der Waals surface area (Å²) in [6, 6.07) is 30.4. The molecular formula is C31H26ClN3O2. The van der Waals surface area contributed by atoms with E-state index >= 15 is 0 Å². The third kappa shape index (κ3) is 5.47. The summed E-state index contributed by atoms with van der Waals surface area (Å²) >= 11 is 5.93. The maximum Gasteiger partial charge on any atom is 0.261 e. The van der Waals surface area contributed by atoms with Gasteiger partial charge in [0.1, 0.15) is 5.82 Å². The van der Waals surface area contributed by atoms with Crippen molar-refractivity contribution in [3.8, 4) is 11.1 Å². The molecular weight excluding hydrogens is 482 g/mol. The minimum Gasteiger partial charge on any atom is -0.322 e. The van der Waals surface area contributed by atoms with Gasteiger partial charge < -0.3 is 5.32 Å². The fourth-order valence-electron chi connectivity index (χ4n) is 4.34. The Bertz CT molecular complexity index is 1610. The number of nitrogens with zero attached hydrogens (tertiary/aromatic N) is 2. The number of fused-ring (bicyclic) bond motifs is 1. The maximum atomic E-state index is 13.7. The van der Waals surface area contributed by atoms with Crippen LogP contribution in [0.3, 0.4) is 0 Å². The molecule has 4 aromatic carbocycles. The Balaban J connectivity index is 1.46. The molecule has 5 aromatic rings. The van der Waals surface area contributed by atoms with Gasteiger partial charge >= 0.3 is 0 Å². The number of aryl methyl sites for hydroxylation is 1. The van der Waals surface area contributed by atoms with Crippen molar-refractivity contribution < 1.29 is 4.79 Å². The van der Waals surface area contributed by atoms with Crippen molar-refractivity contribution in [1.29, 1.82) is 0 Å². The number of carbonyl (C=O) groups is 1. The second kappa shape index (κ2) is 10.8. The minimum absolute atomic E-state index is 0.122. The van der Waals surface area contributed by atoms with Crippen molar-refractivity contribution in [2.24, 2.45) is 0 Å². The molecule has 5 rings (SSSR count). The van der Waals surface area contributed by atoms with Crippen molar-refractivity contribution >= 4 is 34.1 Å². The fourth-order valence-corrected chi connectivity index (χ4v) is 4.47. The van der Waals surface area contributed by atoms with Gasteiger partial charge in [-0.1, -0.05) is 73.1 Å². The number of hydrogen-bond acceptors (Lipinski definition) is 3. The van der Waals surface area contributed by atoms with Crippen molar-refractivity contribution in [2.75, 3.05) is 5.32 Å². The van der Waals surface area contributed by atoms with Crippen molar-refractivity contribution in [2.45, 2.75) is 26.3 Å². The summed E-state index contributed by atoms with van der Waals surface area (Å²) in [6.07, 6.45) is 1.57. The van der Waals surface area contributed by atoms with Gasteiger partial charge in [-0.2, -0.15) is 0 Å². The van der Waals surface area contributed by atoms with Crippen LogP contribution in [0.2, 0.25) is 5.02 Å². The van der Waals surface area contributed by atoms with Crippen molar-refractivity contribution in [3.63, 3.8) is 0 Å².